The fourth-order valence-corrected chi connectivity index (χ4v) is 2.72. The van der Waals surface area contributed by atoms with Crippen LogP contribution in [0.25, 0.3) is 5.57 Å². The molecule has 1 aliphatic rings. The Hall–Kier alpha value is -2.03. The summed E-state index contributed by atoms with van der Waals surface area (Å²) in [5.41, 5.74) is -5.33. The molecule has 1 heterocycles. The van der Waals surface area contributed by atoms with Crippen LogP contribution in [0.4, 0.5) is 26.3 Å². The maximum Gasteiger partial charge on any atom is 0.417 e. The molecular formula is C16H15F6NO2. The second kappa shape index (κ2) is 6.70. The summed E-state index contributed by atoms with van der Waals surface area (Å²) in [5.74, 6) is -0.878. The Balaban J connectivity index is 2.44. The van der Waals surface area contributed by atoms with E-state index in [-0.39, 0.29) is 25.9 Å². The molecule has 25 heavy (non-hydrogen) atoms. The van der Waals surface area contributed by atoms with Crippen LogP contribution in [0.2, 0.25) is 0 Å². The van der Waals surface area contributed by atoms with Gasteiger partial charge in [0.1, 0.15) is 0 Å². The molecule has 3 nitrogen and oxygen atoms in total. The average Bonchev–Trinajstić information content (AvgIpc) is 2.52. The first-order chi connectivity index (χ1) is 11.4. The van der Waals surface area contributed by atoms with Gasteiger partial charge in [0, 0.05) is 18.7 Å². The first kappa shape index (κ1) is 19.3. The summed E-state index contributed by atoms with van der Waals surface area (Å²) in [5, 5.41) is 9.41. The van der Waals surface area contributed by atoms with E-state index in [4.69, 9.17) is 0 Å². The van der Waals surface area contributed by atoms with Crippen molar-refractivity contribution >= 4 is 11.5 Å². The SMILES string of the molecule is C=C(C(=O)N1CCC(O)CC1)c1cccc(C(F)(F)F)c1C(F)(F)F. The monoisotopic (exact) mass is 367 g/mol. The van der Waals surface area contributed by atoms with Crippen molar-refractivity contribution in [2.75, 3.05) is 13.1 Å². The Morgan fingerprint density at radius 2 is 1.64 bits per heavy atom. The number of likely N-dealkylation sites (tertiary alicyclic amines) is 1. The normalized spacial score (nSPS) is 16.8. The molecule has 1 aromatic carbocycles. The highest BCUT2D eigenvalue weighted by Gasteiger charge is 2.45. The van der Waals surface area contributed by atoms with E-state index < -0.39 is 46.6 Å². The van der Waals surface area contributed by atoms with Gasteiger partial charge in [-0.25, -0.2) is 0 Å². The predicted molar refractivity (Wildman–Crippen MR) is 77.3 cm³/mol. The van der Waals surface area contributed by atoms with E-state index in [1.54, 1.807) is 0 Å². The molecule has 1 aliphatic heterocycles. The Labute approximate surface area is 139 Å². The second-order valence-corrected chi connectivity index (χ2v) is 5.73. The highest BCUT2D eigenvalue weighted by atomic mass is 19.4. The molecule has 0 saturated carbocycles. The lowest BCUT2D eigenvalue weighted by molar-refractivity contribution is -0.162. The minimum absolute atomic E-state index is 0.0966. The van der Waals surface area contributed by atoms with Crippen LogP contribution in [0.5, 0.6) is 0 Å². The van der Waals surface area contributed by atoms with Crippen molar-refractivity contribution in [3.05, 3.63) is 41.5 Å². The molecule has 0 atom stereocenters. The maximum absolute atomic E-state index is 13.3. The van der Waals surface area contributed by atoms with Gasteiger partial charge in [0.25, 0.3) is 5.91 Å². The number of rotatable bonds is 2. The van der Waals surface area contributed by atoms with Gasteiger partial charge in [0.2, 0.25) is 0 Å². The number of aliphatic hydroxyl groups excluding tert-OH is 1. The van der Waals surface area contributed by atoms with Crippen molar-refractivity contribution in [2.24, 2.45) is 0 Å². The second-order valence-electron chi connectivity index (χ2n) is 5.73. The van der Waals surface area contributed by atoms with Gasteiger partial charge < -0.3 is 10.0 Å². The van der Waals surface area contributed by atoms with E-state index >= 15 is 0 Å². The van der Waals surface area contributed by atoms with Crippen LogP contribution in [-0.2, 0) is 17.1 Å². The molecule has 138 valence electrons. The van der Waals surface area contributed by atoms with Crippen molar-refractivity contribution in [1.82, 2.24) is 4.90 Å². The third kappa shape index (κ3) is 4.15. The predicted octanol–water partition coefficient (Wildman–Crippen LogP) is 3.72. The summed E-state index contributed by atoms with van der Waals surface area (Å²) in [7, 11) is 0. The summed E-state index contributed by atoms with van der Waals surface area (Å²) >= 11 is 0. The highest BCUT2D eigenvalue weighted by molar-refractivity contribution is 6.19. The van der Waals surface area contributed by atoms with E-state index in [0.717, 1.165) is 12.1 Å². The fraction of sp³-hybridized carbons (Fsp3) is 0.438. The van der Waals surface area contributed by atoms with E-state index in [0.29, 0.717) is 6.07 Å². The van der Waals surface area contributed by atoms with Crippen LogP contribution in [-0.4, -0.2) is 35.1 Å². The van der Waals surface area contributed by atoms with Crippen molar-refractivity contribution in [2.45, 2.75) is 31.3 Å². The minimum Gasteiger partial charge on any atom is -0.393 e. The lowest BCUT2D eigenvalue weighted by Crippen LogP contribution is -2.40. The lowest BCUT2D eigenvalue weighted by atomic mass is 9.94. The van der Waals surface area contributed by atoms with Crippen LogP contribution >= 0.6 is 0 Å². The van der Waals surface area contributed by atoms with E-state index in [9.17, 15) is 36.2 Å². The number of halogens is 6. The van der Waals surface area contributed by atoms with Gasteiger partial charge in [0.15, 0.2) is 0 Å². The van der Waals surface area contributed by atoms with Crippen molar-refractivity contribution in [3.63, 3.8) is 0 Å². The summed E-state index contributed by atoms with van der Waals surface area (Å²) < 4.78 is 78.7. The molecule has 1 aromatic rings. The molecule has 0 aromatic heterocycles. The summed E-state index contributed by atoms with van der Waals surface area (Å²) in [6, 6.07) is 1.93. The Kier molecular flexibility index (Phi) is 5.17. The molecule has 0 aliphatic carbocycles. The number of aliphatic hydroxyl groups is 1. The first-order valence-corrected chi connectivity index (χ1v) is 7.37. The standard InChI is InChI=1S/C16H15F6NO2/c1-9(14(25)23-7-5-10(24)6-8-23)11-3-2-4-12(15(17,18)19)13(11)16(20,21)22/h2-4,10,24H,1,5-8H2. The van der Waals surface area contributed by atoms with Crippen LogP contribution in [0.1, 0.15) is 29.5 Å². The van der Waals surface area contributed by atoms with Crippen LogP contribution in [0.3, 0.4) is 0 Å². The number of alkyl halides is 6. The number of hydrogen-bond acceptors (Lipinski definition) is 2. The van der Waals surface area contributed by atoms with Crippen LogP contribution in [0.15, 0.2) is 24.8 Å². The van der Waals surface area contributed by atoms with Gasteiger partial charge in [0.05, 0.1) is 17.2 Å². The Morgan fingerprint density at radius 3 is 2.12 bits per heavy atom. The Morgan fingerprint density at radius 1 is 1.08 bits per heavy atom. The largest absolute Gasteiger partial charge is 0.417 e. The van der Waals surface area contributed by atoms with E-state index in [1.807, 2.05) is 0 Å². The molecule has 1 N–H and O–H groups in total. The quantitative estimate of drug-likeness (QED) is 0.639. The number of hydrogen-bond donors (Lipinski definition) is 1. The number of benzene rings is 1. The van der Waals surface area contributed by atoms with Crippen LogP contribution in [0, 0.1) is 0 Å². The van der Waals surface area contributed by atoms with Crippen LogP contribution < -0.4 is 0 Å². The third-order valence-corrected chi connectivity index (χ3v) is 3.99. The summed E-state index contributed by atoms with van der Waals surface area (Å²) in [6.45, 7) is 3.49. The molecule has 1 fully saturated rings. The zero-order chi connectivity index (χ0) is 19.0. The average molecular weight is 367 g/mol. The zero-order valence-corrected chi connectivity index (χ0v) is 12.9. The molecule has 2 rings (SSSR count). The zero-order valence-electron chi connectivity index (χ0n) is 12.9. The number of carbonyl (C=O) groups is 1. The Bertz CT molecular complexity index is 672. The third-order valence-electron chi connectivity index (χ3n) is 3.99. The molecule has 1 amide bonds. The van der Waals surface area contributed by atoms with Gasteiger partial charge in [-0.2, -0.15) is 26.3 Å². The number of amides is 1. The maximum atomic E-state index is 13.3. The van der Waals surface area contributed by atoms with Gasteiger partial charge in [-0.15, -0.1) is 0 Å². The summed E-state index contributed by atoms with van der Waals surface area (Å²) in [4.78, 5) is 13.5. The van der Waals surface area contributed by atoms with E-state index in [2.05, 4.69) is 6.58 Å². The molecule has 9 heteroatoms. The molecule has 0 bridgehead atoms. The van der Waals surface area contributed by atoms with Crippen molar-refractivity contribution in [3.8, 4) is 0 Å². The molecule has 0 unspecified atom stereocenters. The first-order valence-electron chi connectivity index (χ1n) is 7.37. The fourth-order valence-electron chi connectivity index (χ4n) is 2.72. The number of piperidine rings is 1. The number of nitrogens with zero attached hydrogens (tertiary/aromatic N) is 1. The summed E-state index contributed by atoms with van der Waals surface area (Å²) in [6.07, 6.45) is -10.7. The van der Waals surface area contributed by atoms with Gasteiger partial charge in [-0.05, 0) is 24.5 Å². The topological polar surface area (TPSA) is 40.5 Å². The molecule has 1 saturated heterocycles. The minimum atomic E-state index is -5.30. The molecule has 0 radical (unpaired) electrons. The lowest BCUT2D eigenvalue weighted by Gasteiger charge is -2.30. The van der Waals surface area contributed by atoms with Gasteiger partial charge in [-0.1, -0.05) is 18.7 Å². The smallest absolute Gasteiger partial charge is 0.393 e. The van der Waals surface area contributed by atoms with E-state index in [1.165, 1.54) is 4.90 Å². The molecular weight excluding hydrogens is 352 g/mol. The molecule has 0 spiro atoms. The number of carbonyl (C=O) groups excluding carboxylic acids is 1. The highest BCUT2D eigenvalue weighted by Crippen LogP contribution is 2.43. The van der Waals surface area contributed by atoms with Gasteiger partial charge >= 0.3 is 12.4 Å². The van der Waals surface area contributed by atoms with Crippen molar-refractivity contribution < 1.29 is 36.2 Å². The van der Waals surface area contributed by atoms with Gasteiger partial charge in [-0.3, -0.25) is 4.79 Å². The van der Waals surface area contributed by atoms with Crippen molar-refractivity contribution in [1.29, 1.82) is 0 Å².